The van der Waals surface area contributed by atoms with Gasteiger partial charge < -0.3 is 10.6 Å². The first-order valence-electron chi connectivity index (χ1n) is 12.7. The number of aryl methyl sites for hydroxylation is 1. The highest BCUT2D eigenvalue weighted by atomic mass is 35.5. The summed E-state index contributed by atoms with van der Waals surface area (Å²) in [6.45, 7) is 2.45. The van der Waals surface area contributed by atoms with Gasteiger partial charge in [0, 0.05) is 35.2 Å². The van der Waals surface area contributed by atoms with Crippen LogP contribution in [-0.2, 0) is 19.1 Å². The van der Waals surface area contributed by atoms with E-state index in [1.54, 1.807) is 28.3 Å². The predicted molar refractivity (Wildman–Crippen MR) is 151 cm³/mol. The number of alkyl halides is 3. The summed E-state index contributed by atoms with van der Waals surface area (Å²) < 4.78 is 42.8. The normalized spacial score (nSPS) is 12.1. The number of aromatic nitrogens is 2. The molecule has 0 unspecified atom stereocenters. The summed E-state index contributed by atoms with van der Waals surface area (Å²) >= 11 is 7.50. The first-order valence-corrected chi connectivity index (χ1v) is 14.0. The van der Waals surface area contributed by atoms with E-state index < -0.39 is 29.6 Å². The van der Waals surface area contributed by atoms with Gasteiger partial charge in [-0.05, 0) is 36.6 Å². The Balaban J connectivity index is 1.58. The van der Waals surface area contributed by atoms with Crippen LogP contribution < -0.4 is 10.6 Å². The largest absolute Gasteiger partial charge is 0.416 e. The van der Waals surface area contributed by atoms with E-state index in [4.69, 9.17) is 11.6 Å². The number of thiophene rings is 1. The smallest absolute Gasteiger partial charge is 0.350 e. The molecule has 0 aliphatic heterocycles. The molecule has 2 aromatic carbocycles. The molecule has 0 radical (unpaired) electrons. The maximum atomic E-state index is 13.7. The molecule has 1 atom stereocenters. The molecule has 7 nitrogen and oxygen atoms in total. The van der Waals surface area contributed by atoms with Crippen molar-refractivity contribution in [2.75, 3.05) is 6.54 Å². The molecule has 0 spiro atoms. The average molecular weight is 603 g/mol. The number of nitrogens with zero attached hydrogens (tertiary/aromatic N) is 2. The van der Waals surface area contributed by atoms with Crippen LogP contribution >= 0.6 is 22.9 Å². The molecule has 41 heavy (non-hydrogen) atoms. The topological polar surface area (TPSA) is 93.1 Å². The van der Waals surface area contributed by atoms with Gasteiger partial charge in [0.15, 0.2) is 6.29 Å². The first kappa shape index (κ1) is 30.0. The Morgan fingerprint density at radius 3 is 2.59 bits per heavy atom. The van der Waals surface area contributed by atoms with Crippen LogP contribution in [0.2, 0.25) is 5.02 Å². The third kappa shape index (κ3) is 7.22. The van der Waals surface area contributed by atoms with Gasteiger partial charge in [-0.3, -0.25) is 19.1 Å². The van der Waals surface area contributed by atoms with E-state index in [0.717, 1.165) is 23.8 Å². The molecule has 4 aromatic rings. The van der Waals surface area contributed by atoms with Crippen molar-refractivity contribution in [3.05, 3.63) is 98.3 Å². The summed E-state index contributed by atoms with van der Waals surface area (Å²) in [4.78, 5) is 37.8. The van der Waals surface area contributed by atoms with Gasteiger partial charge in [0.1, 0.15) is 0 Å². The zero-order valence-corrected chi connectivity index (χ0v) is 23.4. The lowest BCUT2D eigenvalue weighted by atomic mass is 9.99. The minimum atomic E-state index is -4.60. The Morgan fingerprint density at radius 1 is 1.12 bits per heavy atom. The summed E-state index contributed by atoms with van der Waals surface area (Å²) in [6.07, 6.45) is -1.90. The summed E-state index contributed by atoms with van der Waals surface area (Å²) in [5.41, 5.74) is 0.783. The van der Waals surface area contributed by atoms with Gasteiger partial charge in [-0.1, -0.05) is 54.9 Å². The molecule has 214 valence electrons. The van der Waals surface area contributed by atoms with Crippen LogP contribution in [0, 0.1) is 0 Å². The number of hydrogen-bond acceptors (Lipinski definition) is 5. The van der Waals surface area contributed by atoms with Crippen molar-refractivity contribution >= 4 is 41.0 Å². The Bertz CT molecular complexity index is 1550. The number of hydrogen-bond donors (Lipinski definition) is 2. The van der Waals surface area contributed by atoms with Crippen LogP contribution in [0.15, 0.2) is 66.2 Å². The Labute approximate surface area is 243 Å². The minimum absolute atomic E-state index is 0.0324. The number of nitrogens with one attached hydrogen (secondary N) is 2. The molecule has 4 rings (SSSR count). The fourth-order valence-electron chi connectivity index (χ4n) is 4.40. The number of carbonyl (C=O) groups excluding carboxylic acids is 3. The summed E-state index contributed by atoms with van der Waals surface area (Å²) in [5, 5.41) is 11.9. The summed E-state index contributed by atoms with van der Waals surface area (Å²) in [6, 6.07) is 12.0. The van der Waals surface area contributed by atoms with Crippen molar-refractivity contribution in [2.45, 2.75) is 38.5 Å². The van der Waals surface area contributed by atoms with Crippen molar-refractivity contribution < 1.29 is 27.6 Å². The fourth-order valence-corrected chi connectivity index (χ4v) is 5.44. The molecule has 0 saturated heterocycles. The van der Waals surface area contributed by atoms with E-state index in [0.29, 0.717) is 34.0 Å². The van der Waals surface area contributed by atoms with Gasteiger partial charge in [0.25, 0.3) is 11.8 Å². The van der Waals surface area contributed by atoms with Gasteiger partial charge in [-0.2, -0.15) is 18.3 Å². The molecule has 0 fully saturated rings. The number of carbonyl (C=O) groups is 3. The second-order valence-electron chi connectivity index (χ2n) is 9.21. The quantitative estimate of drug-likeness (QED) is 0.198. The van der Waals surface area contributed by atoms with E-state index in [-0.39, 0.29) is 29.7 Å². The molecular formula is C29H26ClF3N4O3S. The lowest BCUT2D eigenvalue weighted by Crippen LogP contribution is -2.45. The zero-order valence-electron chi connectivity index (χ0n) is 21.9. The van der Waals surface area contributed by atoms with E-state index in [1.807, 2.05) is 6.92 Å². The molecule has 2 amide bonds. The minimum Gasteiger partial charge on any atom is -0.350 e. The second kappa shape index (κ2) is 13.1. The second-order valence-corrected chi connectivity index (χ2v) is 10.5. The fraction of sp³-hybridized carbons (Fsp3) is 0.241. The zero-order chi connectivity index (χ0) is 29.6. The highest BCUT2D eigenvalue weighted by Crippen LogP contribution is 2.33. The number of halogens is 4. The van der Waals surface area contributed by atoms with Crippen molar-refractivity contribution in [2.24, 2.45) is 0 Å². The SMILES string of the molecule is CCCn1ncc(Cl)c1-c1csc(C(=O)N[C@H](CNC(=O)c2ccccc2C=O)Cc2ccccc2C(F)(F)F)c1. The van der Waals surface area contributed by atoms with E-state index in [1.165, 1.54) is 36.5 Å². The average Bonchev–Trinajstić information content (AvgIpc) is 3.58. The number of benzene rings is 2. The van der Waals surface area contributed by atoms with Crippen molar-refractivity contribution in [1.29, 1.82) is 0 Å². The van der Waals surface area contributed by atoms with Crippen LogP contribution in [0.5, 0.6) is 0 Å². The standard InChI is InChI=1S/C29H26ClF3N4O3S/c1-2-11-37-26(24(30)15-35-37)20-13-25(41-17-20)28(40)36-21(12-18-7-4-6-10-23(18)29(31,32)33)14-34-27(39)22-9-5-3-8-19(22)16-38/h3-10,13,15-17,21H,2,11-12,14H2,1H3,(H,34,39)(H,36,40)/t21-/m0/s1. The van der Waals surface area contributed by atoms with Crippen LogP contribution in [0.1, 0.15) is 54.9 Å². The highest BCUT2D eigenvalue weighted by molar-refractivity contribution is 7.12. The predicted octanol–water partition coefficient (Wildman–Crippen LogP) is 6.28. The molecule has 2 N–H and O–H groups in total. The van der Waals surface area contributed by atoms with Crippen LogP contribution in [-0.4, -0.2) is 40.5 Å². The van der Waals surface area contributed by atoms with Crippen molar-refractivity contribution in [3.8, 4) is 11.3 Å². The molecule has 0 aliphatic rings. The third-order valence-corrected chi connectivity index (χ3v) is 7.50. The summed E-state index contributed by atoms with van der Waals surface area (Å²) in [5.74, 6) is -1.11. The van der Waals surface area contributed by atoms with Gasteiger partial charge in [0.05, 0.1) is 33.4 Å². The lowest BCUT2D eigenvalue weighted by molar-refractivity contribution is -0.138. The molecule has 0 bridgehead atoms. The molecule has 12 heteroatoms. The first-order chi connectivity index (χ1) is 19.6. The monoisotopic (exact) mass is 602 g/mol. The maximum absolute atomic E-state index is 13.7. The molecule has 0 aliphatic carbocycles. The van der Waals surface area contributed by atoms with Crippen molar-refractivity contribution in [1.82, 2.24) is 20.4 Å². The van der Waals surface area contributed by atoms with Gasteiger partial charge >= 0.3 is 6.18 Å². The van der Waals surface area contributed by atoms with Gasteiger partial charge in [-0.15, -0.1) is 11.3 Å². The summed E-state index contributed by atoms with van der Waals surface area (Å²) in [7, 11) is 0. The number of aldehydes is 1. The highest BCUT2D eigenvalue weighted by Gasteiger charge is 2.33. The Morgan fingerprint density at radius 2 is 1.85 bits per heavy atom. The van der Waals surface area contributed by atoms with Crippen LogP contribution in [0.3, 0.4) is 0 Å². The molecule has 2 aromatic heterocycles. The molecular weight excluding hydrogens is 577 g/mol. The third-order valence-electron chi connectivity index (χ3n) is 6.29. The van der Waals surface area contributed by atoms with Crippen LogP contribution in [0.4, 0.5) is 13.2 Å². The number of rotatable bonds is 11. The molecule has 2 heterocycles. The van der Waals surface area contributed by atoms with E-state index >= 15 is 0 Å². The van der Waals surface area contributed by atoms with Crippen LogP contribution in [0.25, 0.3) is 11.3 Å². The Hall–Kier alpha value is -3.96. The van der Waals surface area contributed by atoms with Crippen molar-refractivity contribution in [3.63, 3.8) is 0 Å². The lowest BCUT2D eigenvalue weighted by Gasteiger charge is -2.21. The maximum Gasteiger partial charge on any atom is 0.416 e. The van der Waals surface area contributed by atoms with E-state index in [9.17, 15) is 27.6 Å². The van der Waals surface area contributed by atoms with E-state index in [2.05, 4.69) is 15.7 Å². The number of amides is 2. The van der Waals surface area contributed by atoms with Gasteiger partial charge in [0.2, 0.25) is 0 Å². The van der Waals surface area contributed by atoms with Gasteiger partial charge in [-0.25, -0.2) is 0 Å². The molecule has 0 saturated carbocycles. The Kier molecular flexibility index (Phi) is 9.61.